The summed E-state index contributed by atoms with van der Waals surface area (Å²) in [6.07, 6.45) is 1.24. The summed E-state index contributed by atoms with van der Waals surface area (Å²) in [7, 11) is 0. The third-order valence-corrected chi connectivity index (χ3v) is 5.01. The van der Waals surface area contributed by atoms with Crippen molar-refractivity contribution in [3.05, 3.63) is 29.8 Å². The Morgan fingerprint density at radius 1 is 1.21 bits per heavy atom. The van der Waals surface area contributed by atoms with Crippen LogP contribution in [-0.4, -0.2) is 41.4 Å². The van der Waals surface area contributed by atoms with E-state index in [-0.39, 0.29) is 5.75 Å². The zero-order valence-corrected chi connectivity index (χ0v) is 16.1. The molecule has 2 N–H and O–H groups in total. The van der Waals surface area contributed by atoms with Crippen molar-refractivity contribution in [2.45, 2.75) is 58.2 Å². The molecule has 1 aliphatic heterocycles. The normalized spacial score (nSPS) is 16.9. The Labute approximate surface area is 162 Å². The molecule has 0 aromatic heterocycles. The number of carbonyl (C=O) groups is 3. The summed E-state index contributed by atoms with van der Waals surface area (Å²) in [5.41, 5.74) is -0.591. The van der Waals surface area contributed by atoms with Crippen molar-refractivity contribution >= 4 is 17.8 Å². The Hall–Kier alpha value is -2.71. The standard InChI is InChI=1S/C19H25F2N3O4/c1-4-13(12-9-7-8-10-14(12)28-17(20)21)22-15(25)11-24-16(26)19(5-2,6-3)23-18(24)27/h7-10,13,17H,4-6,11H2,1-3H3,(H,22,25)(H,23,27). The molecule has 1 saturated heterocycles. The van der Waals surface area contributed by atoms with E-state index in [1.807, 2.05) is 0 Å². The molecule has 1 aliphatic rings. The summed E-state index contributed by atoms with van der Waals surface area (Å²) < 4.78 is 29.8. The number of nitrogens with zero attached hydrogens (tertiary/aromatic N) is 1. The maximum atomic E-state index is 12.6. The number of carbonyl (C=O) groups excluding carboxylic acids is 3. The van der Waals surface area contributed by atoms with Gasteiger partial charge < -0.3 is 15.4 Å². The molecule has 0 spiro atoms. The van der Waals surface area contributed by atoms with Crippen LogP contribution in [0.25, 0.3) is 0 Å². The van der Waals surface area contributed by atoms with Gasteiger partial charge in [-0.05, 0) is 25.3 Å². The van der Waals surface area contributed by atoms with Gasteiger partial charge in [0.05, 0.1) is 6.04 Å². The second kappa shape index (κ2) is 8.99. The number of amides is 4. The smallest absolute Gasteiger partial charge is 0.387 e. The van der Waals surface area contributed by atoms with Gasteiger partial charge in [0.1, 0.15) is 17.8 Å². The second-order valence-corrected chi connectivity index (χ2v) is 6.56. The summed E-state index contributed by atoms with van der Waals surface area (Å²) in [5.74, 6) is -1.03. The van der Waals surface area contributed by atoms with Gasteiger partial charge >= 0.3 is 12.6 Å². The van der Waals surface area contributed by atoms with E-state index < -0.39 is 42.6 Å². The van der Waals surface area contributed by atoms with Crippen LogP contribution in [0.3, 0.4) is 0 Å². The van der Waals surface area contributed by atoms with E-state index in [0.717, 1.165) is 4.90 Å². The molecule has 9 heteroatoms. The zero-order valence-electron chi connectivity index (χ0n) is 16.1. The van der Waals surface area contributed by atoms with Gasteiger partial charge in [-0.25, -0.2) is 4.79 Å². The first-order valence-electron chi connectivity index (χ1n) is 9.25. The zero-order chi connectivity index (χ0) is 20.9. The molecule has 154 valence electrons. The van der Waals surface area contributed by atoms with E-state index in [4.69, 9.17) is 0 Å². The molecule has 1 heterocycles. The molecule has 1 aromatic carbocycles. The predicted molar refractivity (Wildman–Crippen MR) is 97.8 cm³/mol. The van der Waals surface area contributed by atoms with Gasteiger partial charge in [0.15, 0.2) is 0 Å². The molecule has 0 bridgehead atoms. The number of halogens is 2. The van der Waals surface area contributed by atoms with Crippen LogP contribution in [-0.2, 0) is 9.59 Å². The monoisotopic (exact) mass is 397 g/mol. The summed E-state index contributed by atoms with van der Waals surface area (Å²) >= 11 is 0. The number of imide groups is 1. The van der Waals surface area contributed by atoms with E-state index >= 15 is 0 Å². The van der Waals surface area contributed by atoms with Gasteiger partial charge in [-0.15, -0.1) is 0 Å². The quantitative estimate of drug-likeness (QED) is 0.627. The molecule has 1 atom stereocenters. The van der Waals surface area contributed by atoms with Crippen LogP contribution in [0.1, 0.15) is 51.6 Å². The molecule has 0 radical (unpaired) electrons. The third-order valence-electron chi connectivity index (χ3n) is 5.01. The number of urea groups is 1. The van der Waals surface area contributed by atoms with E-state index in [2.05, 4.69) is 15.4 Å². The Bertz CT molecular complexity index is 738. The molecule has 1 unspecified atom stereocenters. The molecular weight excluding hydrogens is 372 g/mol. The first kappa shape index (κ1) is 21.6. The number of rotatable bonds is 9. The van der Waals surface area contributed by atoms with Gasteiger partial charge in [0, 0.05) is 5.56 Å². The van der Waals surface area contributed by atoms with Gasteiger partial charge in [-0.1, -0.05) is 39.0 Å². The lowest BCUT2D eigenvalue weighted by Crippen LogP contribution is -2.46. The van der Waals surface area contributed by atoms with Crippen LogP contribution in [0.4, 0.5) is 13.6 Å². The van der Waals surface area contributed by atoms with Crippen molar-refractivity contribution in [2.24, 2.45) is 0 Å². The lowest BCUT2D eigenvalue weighted by atomic mass is 9.93. The fraction of sp³-hybridized carbons (Fsp3) is 0.526. The summed E-state index contributed by atoms with van der Waals surface area (Å²) in [6.45, 7) is 1.92. The number of nitrogens with one attached hydrogen (secondary N) is 2. The van der Waals surface area contributed by atoms with Crippen LogP contribution in [0, 0.1) is 0 Å². The van der Waals surface area contributed by atoms with Crippen molar-refractivity contribution < 1.29 is 27.9 Å². The number of hydrogen-bond acceptors (Lipinski definition) is 4. The first-order chi connectivity index (χ1) is 13.3. The maximum absolute atomic E-state index is 12.6. The molecule has 7 nitrogen and oxygen atoms in total. The highest BCUT2D eigenvalue weighted by atomic mass is 19.3. The maximum Gasteiger partial charge on any atom is 0.387 e. The number of alkyl halides is 2. The average molecular weight is 397 g/mol. The van der Waals surface area contributed by atoms with Crippen LogP contribution in [0.2, 0.25) is 0 Å². The Morgan fingerprint density at radius 3 is 2.39 bits per heavy atom. The Kier molecular flexibility index (Phi) is 6.93. The molecule has 28 heavy (non-hydrogen) atoms. The van der Waals surface area contributed by atoms with Crippen molar-refractivity contribution in [2.75, 3.05) is 6.54 Å². The van der Waals surface area contributed by atoms with Crippen LogP contribution in [0.5, 0.6) is 5.75 Å². The molecule has 1 fully saturated rings. The topological polar surface area (TPSA) is 87.7 Å². The summed E-state index contributed by atoms with van der Waals surface area (Å²) in [4.78, 5) is 38.1. The molecule has 4 amide bonds. The lowest BCUT2D eigenvalue weighted by molar-refractivity contribution is -0.135. The van der Waals surface area contributed by atoms with Gasteiger partial charge in [-0.3, -0.25) is 14.5 Å². The molecular formula is C19H25F2N3O4. The van der Waals surface area contributed by atoms with Gasteiger partial charge in [0.2, 0.25) is 5.91 Å². The molecule has 0 saturated carbocycles. The van der Waals surface area contributed by atoms with Gasteiger partial charge in [-0.2, -0.15) is 8.78 Å². The second-order valence-electron chi connectivity index (χ2n) is 6.56. The summed E-state index contributed by atoms with van der Waals surface area (Å²) in [5, 5.41) is 5.35. The predicted octanol–water partition coefficient (Wildman–Crippen LogP) is 2.97. The van der Waals surface area contributed by atoms with E-state index in [9.17, 15) is 23.2 Å². The Morgan fingerprint density at radius 2 is 1.86 bits per heavy atom. The number of benzene rings is 1. The average Bonchev–Trinajstić information content (AvgIpc) is 2.91. The fourth-order valence-corrected chi connectivity index (χ4v) is 3.30. The van der Waals surface area contributed by atoms with E-state index in [0.29, 0.717) is 24.8 Å². The Balaban J connectivity index is 2.12. The third kappa shape index (κ3) is 4.40. The highest BCUT2D eigenvalue weighted by Gasteiger charge is 2.49. The first-order valence-corrected chi connectivity index (χ1v) is 9.25. The van der Waals surface area contributed by atoms with Crippen LogP contribution < -0.4 is 15.4 Å². The van der Waals surface area contributed by atoms with Crippen molar-refractivity contribution in [1.82, 2.24) is 15.5 Å². The van der Waals surface area contributed by atoms with Crippen molar-refractivity contribution in [3.8, 4) is 5.75 Å². The van der Waals surface area contributed by atoms with Crippen LogP contribution >= 0.6 is 0 Å². The number of hydrogen-bond donors (Lipinski definition) is 2. The highest BCUT2D eigenvalue weighted by Crippen LogP contribution is 2.29. The number of para-hydroxylation sites is 1. The lowest BCUT2D eigenvalue weighted by Gasteiger charge is -2.24. The van der Waals surface area contributed by atoms with Gasteiger partial charge in [0.25, 0.3) is 5.91 Å². The minimum atomic E-state index is -2.99. The molecule has 1 aromatic rings. The minimum Gasteiger partial charge on any atom is -0.434 e. The highest BCUT2D eigenvalue weighted by molar-refractivity contribution is 6.09. The fourth-order valence-electron chi connectivity index (χ4n) is 3.30. The summed E-state index contributed by atoms with van der Waals surface area (Å²) in [6, 6.07) is 4.96. The number of ether oxygens (including phenoxy) is 1. The molecule has 2 rings (SSSR count). The van der Waals surface area contributed by atoms with E-state index in [1.54, 1.807) is 39.0 Å². The van der Waals surface area contributed by atoms with Crippen molar-refractivity contribution in [3.63, 3.8) is 0 Å². The largest absolute Gasteiger partial charge is 0.434 e. The molecule has 0 aliphatic carbocycles. The van der Waals surface area contributed by atoms with E-state index in [1.165, 1.54) is 6.07 Å². The van der Waals surface area contributed by atoms with Crippen LogP contribution in [0.15, 0.2) is 24.3 Å². The van der Waals surface area contributed by atoms with Crippen molar-refractivity contribution in [1.29, 1.82) is 0 Å². The SMILES string of the molecule is CCC(NC(=O)CN1C(=O)NC(CC)(CC)C1=O)c1ccccc1OC(F)F. The minimum absolute atomic E-state index is 0.0318.